The molecule has 2 fully saturated rings. The van der Waals surface area contributed by atoms with Gasteiger partial charge in [0.1, 0.15) is 5.82 Å². The number of ether oxygens (including phenoxy) is 1. The monoisotopic (exact) mass is 434 g/mol. The zero-order valence-corrected chi connectivity index (χ0v) is 18.3. The van der Waals surface area contributed by atoms with E-state index in [1.165, 1.54) is 32.1 Å². The first-order valence-corrected chi connectivity index (χ1v) is 11.6. The van der Waals surface area contributed by atoms with E-state index in [0.717, 1.165) is 44.2 Å². The molecule has 32 heavy (non-hydrogen) atoms. The highest BCUT2D eigenvalue weighted by Crippen LogP contribution is 2.22. The number of rotatable bonds is 6. The molecule has 1 saturated carbocycles. The number of aromatic nitrogens is 3. The van der Waals surface area contributed by atoms with Crippen LogP contribution in [0.25, 0.3) is 5.65 Å². The van der Waals surface area contributed by atoms with Crippen molar-refractivity contribution in [2.75, 3.05) is 36.9 Å². The van der Waals surface area contributed by atoms with Crippen molar-refractivity contribution in [3.05, 3.63) is 53.6 Å². The predicted molar refractivity (Wildman–Crippen MR) is 124 cm³/mol. The molecule has 5 rings (SSSR count). The zero-order chi connectivity index (χ0) is 21.8. The molecule has 1 aliphatic carbocycles. The van der Waals surface area contributed by atoms with Crippen LogP contribution in [0.1, 0.15) is 48.0 Å². The Morgan fingerprint density at radius 2 is 1.88 bits per heavy atom. The maximum atomic E-state index is 12.9. The minimum absolute atomic E-state index is 0.202. The number of benzene rings is 1. The highest BCUT2D eigenvalue weighted by atomic mass is 16.5. The summed E-state index contributed by atoms with van der Waals surface area (Å²) in [6.45, 7) is 4.17. The molecular weight excluding hydrogens is 404 g/mol. The third-order valence-corrected chi connectivity index (χ3v) is 6.24. The maximum absolute atomic E-state index is 12.9. The normalized spacial score (nSPS) is 18.0. The fourth-order valence-electron chi connectivity index (χ4n) is 4.53. The van der Waals surface area contributed by atoms with E-state index in [2.05, 4.69) is 31.7 Å². The van der Waals surface area contributed by atoms with Crippen LogP contribution < -0.4 is 10.6 Å². The second-order valence-corrected chi connectivity index (χ2v) is 8.64. The first kappa shape index (κ1) is 20.9. The Kier molecular flexibility index (Phi) is 6.31. The molecule has 1 amide bonds. The second-order valence-electron chi connectivity index (χ2n) is 8.64. The summed E-state index contributed by atoms with van der Waals surface area (Å²) in [6.07, 6.45) is 6.19. The summed E-state index contributed by atoms with van der Waals surface area (Å²) in [6, 6.07) is 14.1. The van der Waals surface area contributed by atoms with Crippen LogP contribution in [-0.4, -0.2) is 57.8 Å². The molecule has 2 aromatic heterocycles. The number of morpholine rings is 1. The Hall–Kier alpha value is -2.97. The standard InChI is InChI=1S/C24H30N6O2/c31-23(19-7-4-6-18(16-19)17-29-12-14-32-15-13-29)27-24-26-22-11-5-10-21(30(22)28-24)25-20-8-2-1-3-9-20/h4-7,10-11,16,20,25H,1-3,8-9,12-15,17H2,(H,27,28,31). The van der Waals surface area contributed by atoms with Gasteiger partial charge in [-0.15, -0.1) is 5.10 Å². The van der Waals surface area contributed by atoms with Crippen molar-refractivity contribution in [1.82, 2.24) is 19.5 Å². The average Bonchev–Trinajstić information content (AvgIpc) is 3.24. The third kappa shape index (κ3) is 4.92. The third-order valence-electron chi connectivity index (χ3n) is 6.24. The Bertz CT molecular complexity index is 1070. The molecule has 0 atom stereocenters. The first-order chi connectivity index (χ1) is 15.7. The van der Waals surface area contributed by atoms with Crippen LogP contribution in [0.2, 0.25) is 0 Å². The number of amides is 1. The van der Waals surface area contributed by atoms with Crippen molar-refractivity contribution in [3.8, 4) is 0 Å². The van der Waals surface area contributed by atoms with Gasteiger partial charge in [0.2, 0.25) is 5.95 Å². The van der Waals surface area contributed by atoms with Crippen LogP contribution >= 0.6 is 0 Å². The minimum atomic E-state index is -0.202. The van der Waals surface area contributed by atoms with E-state index < -0.39 is 0 Å². The topological polar surface area (TPSA) is 83.8 Å². The lowest BCUT2D eigenvalue weighted by atomic mass is 9.95. The number of nitrogens with zero attached hydrogens (tertiary/aromatic N) is 4. The van der Waals surface area contributed by atoms with Crippen LogP contribution in [0.3, 0.4) is 0 Å². The van der Waals surface area contributed by atoms with Gasteiger partial charge < -0.3 is 10.1 Å². The molecule has 3 aromatic rings. The lowest BCUT2D eigenvalue weighted by Crippen LogP contribution is -2.35. The van der Waals surface area contributed by atoms with Crippen molar-refractivity contribution < 1.29 is 9.53 Å². The molecule has 1 aromatic carbocycles. The number of anilines is 2. The van der Waals surface area contributed by atoms with Gasteiger partial charge >= 0.3 is 0 Å². The summed E-state index contributed by atoms with van der Waals surface area (Å²) in [7, 11) is 0. The smallest absolute Gasteiger partial charge is 0.258 e. The van der Waals surface area contributed by atoms with Crippen LogP contribution in [0.4, 0.5) is 11.8 Å². The van der Waals surface area contributed by atoms with E-state index in [-0.39, 0.29) is 5.91 Å². The predicted octanol–water partition coefficient (Wildman–Crippen LogP) is 3.56. The van der Waals surface area contributed by atoms with Gasteiger partial charge in [0.05, 0.1) is 13.2 Å². The van der Waals surface area contributed by atoms with Crippen LogP contribution in [0.5, 0.6) is 0 Å². The van der Waals surface area contributed by atoms with Crippen molar-refractivity contribution in [2.45, 2.75) is 44.7 Å². The van der Waals surface area contributed by atoms with E-state index in [0.29, 0.717) is 23.2 Å². The fraction of sp³-hybridized carbons (Fsp3) is 0.458. The lowest BCUT2D eigenvalue weighted by Gasteiger charge is -2.26. The van der Waals surface area contributed by atoms with E-state index in [1.807, 2.05) is 36.4 Å². The van der Waals surface area contributed by atoms with E-state index in [4.69, 9.17) is 4.74 Å². The van der Waals surface area contributed by atoms with Gasteiger partial charge in [0.15, 0.2) is 5.65 Å². The lowest BCUT2D eigenvalue weighted by molar-refractivity contribution is 0.0342. The van der Waals surface area contributed by atoms with Gasteiger partial charge in [-0.2, -0.15) is 9.50 Å². The summed E-state index contributed by atoms with van der Waals surface area (Å²) in [4.78, 5) is 19.7. The highest BCUT2D eigenvalue weighted by Gasteiger charge is 2.17. The molecule has 8 heteroatoms. The Morgan fingerprint density at radius 3 is 2.72 bits per heavy atom. The minimum Gasteiger partial charge on any atom is -0.379 e. The van der Waals surface area contributed by atoms with Crippen molar-refractivity contribution in [2.24, 2.45) is 0 Å². The molecular formula is C24H30N6O2. The molecule has 3 heterocycles. The summed E-state index contributed by atoms with van der Waals surface area (Å²) >= 11 is 0. The number of nitrogens with one attached hydrogen (secondary N) is 2. The number of carbonyl (C=O) groups is 1. The molecule has 2 N–H and O–H groups in total. The van der Waals surface area contributed by atoms with E-state index in [1.54, 1.807) is 4.52 Å². The number of fused-ring (bicyclic) bond motifs is 1. The van der Waals surface area contributed by atoms with E-state index in [9.17, 15) is 4.79 Å². The number of hydrogen-bond donors (Lipinski definition) is 2. The average molecular weight is 435 g/mol. The summed E-state index contributed by atoms with van der Waals surface area (Å²) in [5, 5.41) is 11.0. The van der Waals surface area contributed by atoms with Crippen molar-refractivity contribution in [3.63, 3.8) is 0 Å². The molecule has 168 valence electrons. The molecule has 0 unspecified atom stereocenters. The molecule has 2 aliphatic rings. The molecule has 0 radical (unpaired) electrons. The molecule has 1 aliphatic heterocycles. The van der Waals surface area contributed by atoms with Gasteiger partial charge in [-0.1, -0.05) is 37.5 Å². The van der Waals surface area contributed by atoms with Crippen LogP contribution in [0.15, 0.2) is 42.5 Å². The first-order valence-electron chi connectivity index (χ1n) is 11.6. The summed E-state index contributed by atoms with van der Waals surface area (Å²) in [5.74, 6) is 1.02. The largest absolute Gasteiger partial charge is 0.379 e. The van der Waals surface area contributed by atoms with Gasteiger partial charge in [-0.05, 0) is 42.7 Å². The van der Waals surface area contributed by atoms with Crippen LogP contribution in [-0.2, 0) is 11.3 Å². The van der Waals surface area contributed by atoms with Crippen molar-refractivity contribution >= 4 is 23.3 Å². The quantitative estimate of drug-likeness (QED) is 0.617. The fourth-order valence-corrected chi connectivity index (χ4v) is 4.53. The van der Waals surface area contributed by atoms with Gasteiger partial charge in [0, 0.05) is 31.2 Å². The second kappa shape index (κ2) is 9.67. The summed E-state index contributed by atoms with van der Waals surface area (Å²) in [5.41, 5.74) is 2.43. The Morgan fingerprint density at radius 1 is 1.06 bits per heavy atom. The zero-order valence-electron chi connectivity index (χ0n) is 18.3. The number of carbonyl (C=O) groups excluding carboxylic acids is 1. The van der Waals surface area contributed by atoms with Gasteiger partial charge in [-0.25, -0.2) is 0 Å². The summed E-state index contributed by atoms with van der Waals surface area (Å²) < 4.78 is 7.19. The molecule has 0 spiro atoms. The van der Waals surface area contributed by atoms with Crippen molar-refractivity contribution in [1.29, 1.82) is 0 Å². The van der Waals surface area contributed by atoms with E-state index >= 15 is 0 Å². The Labute approximate surface area is 188 Å². The highest BCUT2D eigenvalue weighted by molar-refractivity contribution is 6.03. The van der Waals surface area contributed by atoms with Gasteiger partial charge in [0.25, 0.3) is 5.91 Å². The number of hydrogen-bond acceptors (Lipinski definition) is 6. The molecule has 8 nitrogen and oxygen atoms in total. The molecule has 1 saturated heterocycles. The van der Waals surface area contributed by atoms with Crippen LogP contribution in [0, 0.1) is 0 Å². The van der Waals surface area contributed by atoms with Gasteiger partial charge in [-0.3, -0.25) is 15.0 Å². The molecule has 0 bridgehead atoms. The maximum Gasteiger partial charge on any atom is 0.258 e. The number of pyridine rings is 1. The SMILES string of the molecule is O=C(Nc1nc2cccc(NC3CCCCC3)n2n1)c1cccc(CN2CCOCC2)c1. The Balaban J connectivity index is 1.28.